The zero-order chi connectivity index (χ0) is 16.8. The van der Waals surface area contributed by atoms with Gasteiger partial charge in [0.05, 0.1) is 0 Å². The van der Waals surface area contributed by atoms with Crippen LogP contribution in [0.25, 0.3) is 0 Å². The number of carbonyl (C=O) groups is 2. The fourth-order valence-corrected chi connectivity index (χ4v) is 3.66. The van der Waals surface area contributed by atoms with Crippen LogP contribution >= 0.6 is 0 Å². The zero-order valence-corrected chi connectivity index (χ0v) is 14.2. The molecular weight excluding hydrogens is 302 g/mol. The first kappa shape index (κ1) is 16.8. The highest BCUT2D eigenvalue weighted by Gasteiger charge is 2.29. The molecule has 1 aliphatic heterocycles. The fraction of sp³-hybridized carbons (Fsp3) is 0.579. The average molecular weight is 329 g/mol. The van der Waals surface area contributed by atoms with E-state index in [1.807, 2.05) is 35.2 Å². The number of likely N-dealkylation sites (tertiary alicyclic amines) is 1. The Balaban J connectivity index is 1.67. The minimum atomic E-state index is -0.604. The van der Waals surface area contributed by atoms with Gasteiger partial charge in [0.25, 0.3) is 0 Å². The van der Waals surface area contributed by atoms with Crippen LogP contribution in [0, 0.1) is 0 Å². The van der Waals surface area contributed by atoms with Gasteiger partial charge in [-0.3, -0.25) is 4.79 Å². The number of urea groups is 1. The SMILES string of the molecule is O=C(NC1CCCCC1)N[C@H](C(=O)N1CCCC1)c1ccccc1. The molecule has 3 rings (SSSR count). The van der Waals surface area contributed by atoms with Crippen molar-refractivity contribution in [2.75, 3.05) is 13.1 Å². The van der Waals surface area contributed by atoms with Crippen LogP contribution in [0.5, 0.6) is 0 Å². The Labute approximate surface area is 143 Å². The largest absolute Gasteiger partial charge is 0.341 e. The van der Waals surface area contributed by atoms with Crippen molar-refractivity contribution >= 4 is 11.9 Å². The van der Waals surface area contributed by atoms with E-state index in [0.717, 1.165) is 44.3 Å². The lowest BCUT2D eigenvalue weighted by Gasteiger charge is -2.27. The molecule has 1 saturated carbocycles. The van der Waals surface area contributed by atoms with E-state index in [2.05, 4.69) is 10.6 Å². The molecule has 2 fully saturated rings. The third-order valence-corrected chi connectivity index (χ3v) is 5.01. The van der Waals surface area contributed by atoms with Crippen molar-refractivity contribution in [2.45, 2.75) is 57.0 Å². The number of rotatable bonds is 4. The number of hydrogen-bond acceptors (Lipinski definition) is 2. The molecule has 1 atom stereocenters. The van der Waals surface area contributed by atoms with Crippen molar-refractivity contribution in [3.8, 4) is 0 Å². The molecule has 130 valence electrons. The lowest BCUT2D eigenvalue weighted by atomic mass is 9.96. The number of nitrogens with zero attached hydrogens (tertiary/aromatic N) is 1. The number of amides is 3. The van der Waals surface area contributed by atoms with Gasteiger partial charge >= 0.3 is 6.03 Å². The number of benzene rings is 1. The lowest BCUT2D eigenvalue weighted by molar-refractivity contribution is -0.132. The van der Waals surface area contributed by atoms with Crippen LogP contribution in [-0.4, -0.2) is 36.0 Å². The van der Waals surface area contributed by atoms with Crippen LogP contribution < -0.4 is 10.6 Å². The summed E-state index contributed by atoms with van der Waals surface area (Å²) in [6, 6.07) is 8.93. The molecule has 0 bridgehead atoms. The summed E-state index contributed by atoms with van der Waals surface area (Å²) in [5.74, 6) is -0.00232. The van der Waals surface area contributed by atoms with E-state index in [9.17, 15) is 9.59 Å². The smallest absolute Gasteiger partial charge is 0.315 e. The standard InChI is InChI=1S/C19H27N3O2/c23-18(22-13-7-8-14-22)17(15-9-3-1-4-10-15)21-19(24)20-16-11-5-2-6-12-16/h1,3-4,9-10,16-17H,2,5-8,11-14H2,(H2,20,21,24)/t17-/m0/s1. The summed E-state index contributed by atoms with van der Waals surface area (Å²) < 4.78 is 0. The minimum absolute atomic E-state index is 0.00232. The molecule has 1 aromatic carbocycles. The van der Waals surface area contributed by atoms with Gasteiger partial charge in [0.15, 0.2) is 0 Å². The van der Waals surface area contributed by atoms with Crippen molar-refractivity contribution in [1.82, 2.24) is 15.5 Å². The van der Waals surface area contributed by atoms with E-state index in [1.165, 1.54) is 19.3 Å². The molecule has 3 amide bonds. The van der Waals surface area contributed by atoms with Crippen LogP contribution in [0.4, 0.5) is 4.79 Å². The van der Waals surface area contributed by atoms with Gasteiger partial charge in [-0.25, -0.2) is 4.79 Å². The third kappa shape index (κ3) is 4.28. The number of carbonyl (C=O) groups excluding carboxylic acids is 2. The second-order valence-corrected chi connectivity index (χ2v) is 6.83. The highest BCUT2D eigenvalue weighted by molar-refractivity contribution is 5.88. The molecule has 0 aromatic heterocycles. The van der Waals surface area contributed by atoms with Crippen LogP contribution in [0.2, 0.25) is 0 Å². The highest BCUT2D eigenvalue weighted by Crippen LogP contribution is 2.20. The van der Waals surface area contributed by atoms with Gasteiger partial charge in [0, 0.05) is 19.1 Å². The number of nitrogens with one attached hydrogen (secondary N) is 2. The maximum atomic E-state index is 12.9. The normalized spacial score (nSPS) is 19.8. The van der Waals surface area contributed by atoms with Crippen molar-refractivity contribution in [2.24, 2.45) is 0 Å². The van der Waals surface area contributed by atoms with Crippen molar-refractivity contribution < 1.29 is 9.59 Å². The van der Waals surface area contributed by atoms with E-state index in [4.69, 9.17) is 0 Å². The molecule has 1 aromatic rings. The van der Waals surface area contributed by atoms with Crippen LogP contribution in [0.15, 0.2) is 30.3 Å². The first-order valence-corrected chi connectivity index (χ1v) is 9.15. The molecule has 5 heteroatoms. The Kier molecular flexibility index (Phi) is 5.72. The molecular formula is C19H27N3O2. The summed E-state index contributed by atoms with van der Waals surface area (Å²) in [7, 11) is 0. The second kappa shape index (κ2) is 8.18. The predicted molar refractivity (Wildman–Crippen MR) is 93.5 cm³/mol. The Bertz CT molecular complexity index is 549. The van der Waals surface area contributed by atoms with Crippen molar-refractivity contribution in [3.63, 3.8) is 0 Å². The molecule has 1 saturated heterocycles. The predicted octanol–water partition coefficient (Wildman–Crippen LogP) is 2.98. The zero-order valence-electron chi connectivity index (χ0n) is 14.2. The summed E-state index contributed by atoms with van der Waals surface area (Å²) in [5.41, 5.74) is 0.841. The second-order valence-electron chi connectivity index (χ2n) is 6.83. The van der Waals surface area contributed by atoms with Crippen molar-refractivity contribution in [3.05, 3.63) is 35.9 Å². The Morgan fingerprint density at radius 3 is 2.29 bits per heavy atom. The molecule has 1 heterocycles. The highest BCUT2D eigenvalue weighted by atomic mass is 16.2. The molecule has 5 nitrogen and oxygen atoms in total. The maximum absolute atomic E-state index is 12.9. The lowest BCUT2D eigenvalue weighted by Crippen LogP contribution is -2.48. The first-order chi connectivity index (χ1) is 11.7. The maximum Gasteiger partial charge on any atom is 0.315 e. The summed E-state index contributed by atoms with van der Waals surface area (Å²) in [5, 5.41) is 5.96. The monoisotopic (exact) mass is 329 g/mol. The van der Waals surface area contributed by atoms with Gasteiger partial charge in [0.1, 0.15) is 6.04 Å². The fourth-order valence-electron chi connectivity index (χ4n) is 3.66. The molecule has 2 aliphatic rings. The van der Waals surface area contributed by atoms with Gasteiger partial charge in [-0.2, -0.15) is 0 Å². The molecule has 0 unspecified atom stereocenters. The van der Waals surface area contributed by atoms with E-state index < -0.39 is 6.04 Å². The summed E-state index contributed by atoms with van der Waals surface area (Å²) in [6.45, 7) is 1.57. The number of hydrogen-bond donors (Lipinski definition) is 2. The van der Waals surface area contributed by atoms with E-state index >= 15 is 0 Å². The molecule has 2 N–H and O–H groups in total. The average Bonchev–Trinajstić information content (AvgIpc) is 3.15. The molecule has 0 radical (unpaired) electrons. The summed E-state index contributed by atoms with van der Waals surface area (Å²) in [4.78, 5) is 27.1. The van der Waals surface area contributed by atoms with Gasteiger partial charge in [0.2, 0.25) is 5.91 Å². The van der Waals surface area contributed by atoms with Gasteiger partial charge < -0.3 is 15.5 Å². The molecule has 0 spiro atoms. The topological polar surface area (TPSA) is 61.4 Å². The summed E-state index contributed by atoms with van der Waals surface area (Å²) in [6.07, 6.45) is 7.73. The van der Waals surface area contributed by atoms with E-state index in [-0.39, 0.29) is 18.0 Å². The van der Waals surface area contributed by atoms with Gasteiger partial charge in [-0.1, -0.05) is 49.6 Å². The van der Waals surface area contributed by atoms with Gasteiger partial charge in [-0.05, 0) is 31.2 Å². The third-order valence-electron chi connectivity index (χ3n) is 5.01. The quantitative estimate of drug-likeness (QED) is 0.892. The van der Waals surface area contributed by atoms with Crippen molar-refractivity contribution in [1.29, 1.82) is 0 Å². The van der Waals surface area contributed by atoms with E-state index in [1.54, 1.807) is 0 Å². The molecule has 24 heavy (non-hydrogen) atoms. The Morgan fingerprint density at radius 1 is 0.958 bits per heavy atom. The Hall–Kier alpha value is -2.04. The Morgan fingerprint density at radius 2 is 1.62 bits per heavy atom. The van der Waals surface area contributed by atoms with Crippen LogP contribution in [0.1, 0.15) is 56.6 Å². The molecule has 1 aliphatic carbocycles. The van der Waals surface area contributed by atoms with Crippen LogP contribution in [0.3, 0.4) is 0 Å². The van der Waals surface area contributed by atoms with Gasteiger partial charge in [-0.15, -0.1) is 0 Å². The first-order valence-electron chi connectivity index (χ1n) is 9.15. The van der Waals surface area contributed by atoms with E-state index in [0.29, 0.717) is 0 Å². The summed E-state index contributed by atoms with van der Waals surface area (Å²) >= 11 is 0. The van der Waals surface area contributed by atoms with Crippen LogP contribution in [-0.2, 0) is 4.79 Å². The minimum Gasteiger partial charge on any atom is -0.341 e.